The van der Waals surface area contributed by atoms with Crippen LogP contribution < -0.4 is 0 Å². The number of hydrogen-bond donors (Lipinski definition) is 2. The molecule has 0 amide bonds. The van der Waals surface area contributed by atoms with E-state index in [0.717, 1.165) is 17.4 Å². The van der Waals surface area contributed by atoms with Gasteiger partial charge in [0.2, 0.25) is 0 Å². The molecular formula is C22H19F2N7O. The molecule has 5 rings (SSSR count). The van der Waals surface area contributed by atoms with Crippen LogP contribution in [0.15, 0.2) is 48.9 Å². The lowest BCUT2D eigenvalue weighted by atomic mass is 10.1. The number of aromatic nitrogens is 5. The second-order valence-electron chi connectivity index (χ2n) is 7.76. The summed E-state index contributed by atoms with van der Waals surface area (Å²) in [6.45, 7) is -1.53. The minimum Gasteiger partial charge on any atom is -0.372 e. The molecule has 0 aliphatic carbocycles. The Hall–Kier alpha value is -3.68. The lowest BCUT2D eigenvalue weighted by Crippen LogP contribution is -2.27. The highest BCUT2D eigenvalue weighted by Crippen LogP contribution is 2.29. The number of alkyl halides is 2. The number of aliphatic hydroxyl groups is 1. The van der Waals surface area contributed by atoms with Crippen LogP contribution in [0.3, 0.4) is 0 Å². The third kappa shape index (κ3) is 3.72. The molecule has 1 fully saturated rings. The lowest BCUT2D eigenvalue weighted by Gasteiger charge is -2.22. The first-order valence-electron chi connectivity index (χ1n) is 10.1. The van der Waals surface area contributed by atoms with Crippen LogP contribution in [-0.2, 0) is 0 Å². The molecule has 1 aliphatic heterocycles. The summed E-state index contributed by atoms with van der Waals surface area (Å²) in [7, 11) is 0. The van der Waals surface area contributed by atoms with E-state index in [1.165, 1.54) is 12.4 Å². The number of hydrogen-bond acceptors (Lipinski definition) is 6. The van der Waals surface area contributed by atoms with Crippen molar-refractivity contribution >= 4 is 11.0 Å². The fourth-order valence-electron chi connectivity index (χ4n) is 3.95. The summed E-state index contributed by atoms with van der Waals surface area (Å²) in [6.07, 6.45) is 4.18. The Labute approximate surface area is 181 Å². The van der Waals surface area contributed by atoms with Gasteiger partial charge in [0.15, 0.2) is 6.23 Å². The summed E-state index contributed by atoms with van der Waals surface area (Å²) in [5, 5.41) is 24.3. The molecule has 4 aromatic heterocycles. The van der Waals surface area contributed by atoms with E-state index >= 15 is 0 Å². The average molecular weight is 435 g/mol. The van der Waals surface area contributed by atoms with Crippen molar-refractivity contribution in [3.63, 3.8) is 0 Å². The van der Waals surface area contributed by atoms with Gasteiger partial charge in [-0.2, -0.15) is 19.1 Å². The summed E-state index contributed by atoms with van der Waals surface area (Å²) in [6, 6.07) is 11.4. The molecule has 32 heavy (non-hydrogen) atoms. The van der Waals surface area contributed by atoms with Crippen LogP contribution in [0.4, 0.5) is 8.78 Å². The third-order valence-electron chi connectivity index (χ3n) is 5.66. The molecule has 2 unspecified atom stereocenters. The van der Waals surface area contributed by atoms with Gasteiger partial charge in [0.1, 0.15) is 5.65 Å². The first-order chi connectivity index (χ1) is 15.5. The van der Waals surface area contributed by atoms with E-state index in [-0.39, 0.29) is 5.92 Å². The zero-order valence-electron chi connectivity index (χ0n) is 16.9. The molecule has 0 spiro atoms. The zero-order chi connectivity index (χ0) is 22.2. The van der Waals surface area contributed by atoms with Crippen LogP contribution in [0.25, 0.3) is 33.5 Å². The molecule has 8 nitrogen and oxygen atoms in total. The van der Waals surface area contributed by atoms with Gasteiger partial charge in [0, 0.05) is 42.0 Å². The molecular weight excluding hydrogens is 416 g/mol. The maximum atomic E-state index is 12.8. The third-order valence-corrected chi connectivity index (χ3v) is 5.66. The molecule has 0 saturated carbocycles. The predicted octanol–water partition coefficient (Wildman–Crippen LogP) is 3.72. The number of nitriles is 1. The van der Waals surface area contributed by atoms with E-state index in [1.807, 2.05) is 29.2 Å². The van der Waals surface area contributed by atoms with E-state index in [4.69, 9.17) is 5.26 Å². The van der Waals surface area contributed by atoms with Crippen LogP contribution >= 0.6 is 0 Å². The highest BCUT2D eigenvalue weighted by Gasteiger charge is 2.28. The molecule has 2 N–H and O–H groups in total. The quantitative estimate of drug-likeness (QED) is 0.495. The Bertz CT molecular complexity index is 1310. The number of rotatable bonds is 5. The van der Waals surface area contributed by atoms with Crippen LogP contribution in [0.5, 0.6) is 0 Å². The van der Waals surface area contributed by atoms with Crippen LogP contribution in [0, 0.1) is 17.2 Å². The van der Waals surface area contributed by atoms with Crippen molar-refractivity contribution in [2.45, 2.75) is 19.2 Å². The van der Waals surface area contributed by atoms with Crippen molar-refractivity contribution in [1.29, 1.82) is 5.26 Å². The fourth-order valence-corrected chi connectivity index (χ4v) is 3.95. The highest BCUT2D eigenvalue weighted by molar-refractivity contribution is 5.86. The van der Waals surface area contributed by atoms with Crippen molar-refractivity contribution in [2.75, 3.05) is 13.1 Å². The maximum absolute atomic E-state index is 12.8. The summed E-state index contributed by atoms with van der Waals surface area (Å²) < 4.78 is 26.2. The van der Waals surface area contributed by atoms with Gasteiger partial charge in [-0.15, -0.1) is 0 Å². The lowest BCUT2D eigenvalue weighted by molar-refractivity contribution is 0.0142. The fraction of sp³-hybridized carbons (Fsp3) is 0.273. The number of aliphatic hydroxyl groups excluding tert-OH is 1. The van der Waals surface area contributed by atoms with Crippen LogP contribution in [0.2, 0.25) is 0 Å². The molecule has 1 aliphatic rings. The van der Waals surface area contributed by atoms with Crippen molar-refractivity contribution in [2.24, 2.45) is 5.92 Å². The topological polar surface area (TPSA) is 107 Å². The molecule has 162 valence electrons. The van der Waals surface area contributed by atoms with Gasteiger partial charge < -0.3 is 10.1 Å². The number of H-pyrrole nitrogens is 1. The van der Waals surface area contributed by atoms with Crippen molar-refractivity contribution in [3.8, 4) is 28.6 Å². The number of fused-ring (bicyclic) bond motifs is 1. The minimum atomic E-state index is -2.70. The smallest absolute Gasteiger partial charge is 0.333 e. The Balaban J connectivity index is 1.42. The highest BCUT2D eigenvalue weighted by atomic mass is 19.3. The second-order valence-corrected chi connectivity index (χ2v) is 7.76. The van der Waals surface area contributed by atoms with Gasteiger partial charge in [-0.1, -0.05) is 6.07 Å². The molecule has 4 aromatic rings. The van der Waals surface area contributed by atoms with Gasteiger partial charge in [0.05, 0.1) is 35.3 Å². The Morgan fingerprint density at radius 1 is 1.22 bits per heavy atom. The zero-order valence-corrected chi connectivity index (χ0v) is 16.9. The molecule has 5 heterocycles. The minimum absolute atomic E-state index is 0.0740. The Morgan fingerprint density at radius 3 is 2.84 bits per heavy atom. The van der Waals surface area contributed by atoms with E-state index in [1.54, 1.807) is 12.3 Å². The van der Waals surface area contributed by atoms with E-state index in [9.17, 15) is 13.9 Å². The first kappa shape index (κ1) is 20.2. The number of pyridine rings is 2. The van der Waals surface area contributed by atoms with Gasteiger partial charge in [0.25, 0.3) is 0 Å². The Kier molecular flexibility index (Phi) is 5.13. The average Bonchev–Trinajstić information content (AvgIpc) is 3.57. The number of aromatic amines is 1. The molecule has 0 aromatic carbocycles. The predicted molar refractivity (Wildman–Crippen MR) is 112 cm³/mol. The normalized spacial score (nSPS) is 17.8. The largest absolute Gasteiger partial charge is 0.372 e. The van der Waals surface area contributed by atoms with Crippen LogP contribution in [-0.4, -0.2) is 47.8 Å². The van der Waals surface area contributed by atoms with E-state index in [0.29, 0.717) is 46.1 Å². The summed E-state index contributed by atoms with van der Waals surface area (Å²) in [5.74, 6) is -0.0740. The molecule has 0 bridgehead atoms. The van der Waals surface area contributed by atoms with Gasteiger partial charge >= 0.3 is 6.55 Å². The van der Waals surface area contributed by atoms with Gasteiger partial charge in [-0.05, 0) is 30.7 Å². The number of nitrogens with zero attached hydrogens (tertiary/aromatic N) is 6. The SMILES string of the molecule is N#CC1CCN(C(O)c2cccc(-c3cnc4[nH]c(-c5cnn(C(F)F)c5)cc4c3)n2)C1. The van der Waals surface area contributed by atoms with Gasteiger partial charge in [-0.3, -0.25) is 4.90 Å². The summed E-state index contributed by atoms with van der Waals surface area (Å²) >= 11 is 0. The molecule has 0 radical (unpaired) electrons. The van der Waals surface area contributed by atoms with Crippen LogP contribution in [0.1, 0.15) is 24.9 Å². The second kappa shape index (κ2) is 8.11. The first-order valence-corrected chi connectivity index (χ1v) is 10.1. The van der Waals surface area contributed by atoms with E-state index < -0.39 is 12.8 Å². The van der Waals surface area contributed by atoms with Gasteiger partial charge in [-0.25, -0.2) is 14.6 Å². The maximum Gasteiger partial charge on any atom is 0.333 e. The molecule has 2 atom stereocenters. The van der Waals surface area contributed by atoms with E-state index in [2.05, 4.69) is 26.1 Å². The summed E-state index contributed by atoms with van der Waals surface area (Å²) in [5.41, 5.74) is 3.71. The number of likely N-dealkylation sites (tertiary alicyclic amines) is 1. The number of halogens is 2. The standard InChI is InChI=1S/C22H19F2N7O/c23-22(24)31-12-16(10-27-31)19-7-14-6-15(9-26-20(14)29-19)17-2-1-3-18(28-17)21(32)30-5-4-13(8-25)11-30/h1-3,6-7,9-10,12-13,21-22,32H,4-5,11H2,(H,26,29). The van der Waals surface area contributed by atoms with Crippen molar-refractivity contribution in [3.05, 3.63) is 54.6 Å². The monoisotopic (exact) mass is 435 g/mol. The van der Waals surface area contributed by atoms with Crippen molar-refractivity contribution in [1.82, 2.24) is 29.6 Å². The molecule has 1 saturated heterocycles. The Morgan fingerprint density at radius 2 is 2.09 bits per heavy atom. The molecule has 10 heteroatoms. The van der Waals surface area contributed by atoms with Crippen molar-refractivity contribution < 1.29 is 13.9 Å². The number of nitrogens with one attached hydrogen (secondary N) is 1. The summed E-state index contributed by atoms with van der Waals surface area (Å²) in [4.78, 5) is 14.0.